The molecular weight excluding hydrogens is 252 g/mol. The third kappa shape index (κ3) is 2.58. The van der Waals surface area contributed by atoms with Crippen LogP contribution in [0.15, 0.2) is 30.3 Å². The number of epoxide rings is 1. The van der Waals surface area contributed by atoms with Gasteiger partial charge in [-0.25, -0.2) is 0 Å². The molecule has 2 fully saturated rings. The highest BCUT2D eigenvalue weighted by molar-refractivity contribution is 5.21. The van der Waals surface area contributed by atoms with Gasteiger partial charge in [-0.2, -0.15) is 0 Å². The van der Waals surface area contributed by atoms with E-state index in [4.69, 9.17) is 14.2 Å². The van der Waals surface area contributed by atoms with Crippen LogP contribution in [0, 0.1) is 0 Å². The number of aliphatic hydroxyl groups is 3. The molecule has 1 aromatic carbocycles. The summed E-state index contributed by atoms with van der Waals surface area (Å²) in [7, 11) is 0. The summed E-state index contributed by atoms with van der Waals surface area (Å²) in [6.45, 7) is 0.475. The maximum absolute atomic E-state index is 9.89. The van der Waals surface area contributed by atoms with E-state index in [9.17, 15) is 15.3 Å². The quantitative estimate of drug-likeness (QED) is 0.626. The number of hydrogen-bond acceptors (Lipinski definition) is 6. The van der Waals surface area contributed by atoms with Crippen LogP contribution in [0.3, 0.4) is 0 Å². The topological polar surface area (TPSA) is 91.7 Å². The van der Waals surface area contributed by atoms with Crippen LogP contribution in [-0.4, -0.2) is 58.7 Å². The van der Waals surface area contributed by atoms with E-state index in [1.165, 1.54) is 0 Å². The molecule has 1 aromatic rings. The van der Waals surface area contributed by atoms with E-state index in [0.717, 1.165) is 0 Å². The van der Waals surface area contributed by atoms with E-state index in [1.54, 1.807) is 24.3 Å². The second-order valence-corrected chi connectivity index (χ2v) is 4.74. The van der Waals surface area contributed by atoms with Gasteiger partial charge in [0, 0.05) is 0 Å². The summed E-state index contributed by atoms with van der Waals surface area (Å²) in [6, 6.07) is 8.85. The second kappa shape index (κ2) is 5.07. The Morgan fingerprint density at radius 2 is 1.68 bits per heavy atom. The number of hydrogen-bond donors (Lipinski definition) is 3. The molecule has 0 saturated carbocycles. The Balaban J connectivity index is 1.72. The van der Waals surface area contributed by atoms with Crippen molar-refractivity contribution in [2.24, 2.45) is 0 Å². The Bertz CT molecular complexity index is 420. The molecule has 0 bridgehead atoms. The van der Waals surface area contributed by atoms with E-state index >= 15 is 0 Å². The lowest BCUT2D eigenvalue weighted by Gasteiger charge is -2.39. The Kier molecular flexibility index (Phi) is 3.42. The monoisotopic (exact) mass is 268 g/mol. The van der Waals surface area contributed by atoms with E-state index in [-0.39, 0.29) is 6.10 Å². The molecule has 19 heavy (non-hydrogen) atoms. The summed E-state index contributed by atoms with van der Waals surface area (Å²) in [5.41, 5.74) is 0. The van der Waals surface area contributed by atoms with Gasteiger partial charge in [-0.15, -0.1) is 0 Å². The minimum atomic E-state index is -1.32. The molecule has 2 aliphatic rings. The molecule has 6 atom stereocenters. The van der Waals surface area contributed by atoms with Crippen LogP contribution in [0.5, 0.6) is 5.75 Å². The van der Waals surface area contributed by atoms with Crippen LogP contribution in [0.25, 0.3) is 0 Å². The smallest absolute Gasteiger partial charge is 0.229 e. The van der Waals surface area contributed by atoms with Crippen molar-refractivity contribution in [1.29, 1.82) is 0 Å². The molecule has 104 valence electrons. The first-order chi connectivity index (χ1) is 9.16. The largest absolute Gasteiger partial charge is 0.462 e. The molecule has 6 heteroatoms. The van der Waals surface area contributed by atoms with Crippen molar-refractivity contribution in [2.45, 2.75) is 36.8 Å². The fourth-order valence-corrected chi connectivity index (χ4v) is 2.16. The maximum Gasteiger partial charge on any atom is 0.229 e. The van der Waals surface area contributed by atoms with Gasteiger partial charge in [0.05, 0.1) is 6.61 Å². The zero-order chi connectivity index (χ0) is 13.4. The predicted molar refractivity (Wildman–Crippen MR) is 63.5 cm³/mol. The Hall–Kier alpha value is -1.18. The number of benzene rings is 1. The lowest BCUT2D eigenvalue weighted by Crippen LogP contribution is -2.60. The molecule has 3 N–H and O–H groups in total. The molecule has 0 amide bonds. The van der Waals surface area contributed by atoms with Gasteiger partial charge >= 0.3 is 0 Å². The van der Waals surface area contributed by atoms with Gasteiger partial charge in [0.25, 0.3) is 0 Å². The fraction of sp³-hybridized carbons (Fsp3) is 0.538. The highest BCUT2D eigenvalue weighted by atomic mass is 16.7. The van der Waals surface area contributed by atoms with Crippen molar-refractivity contribution >= 4 is 0 Å². The number of aliphatic hydroxyl groups excluding tert-OH is 3. The summed E-state index contributed by atoms with van der Waals surface area (Å²) in [4.78, 5) is 0. The number of rotatable bonds is 3. The lowest BCUT2D eigenvalue weighted by atomic mass is 9.97. The molecule has 0 aliphatic carbocycles. The molecule has 6 nitrogen and oxygen atoms in total. The van der Waals surface area contributed by atoms with Crippen LogP contribution in [0.1, 0.15) is 0 Å². The summed E-state index contributed by atoms with van der Waals surface area (Å²) in [5.74, 6) is 0.519. The zero-order valence-electron chi connectivity index (χ0n) is 10.1. The first kappa shape index (κ1) is 12.8. The average molecular weight is 268 g/mol. The first-order valence-corrected chi connectivity index (χ1v) is 6.20. The number of para-hydroxylation sites is 1. The van der Waals surface area contributed by atoms with Crippen molar-refractivity contribution in [3.05, 3.63) is 30.3 Å². The van der Waals surface area contributed by atoms with Crippen molar-refractivity contribution in [2.75, 3.05) is 6.61 Å². The van der Waals surface area contributed by atoms with Gasteiger partial charge < -0.3 is 29.5 Å². The molecule has 2 saturated heterocycles. The molecule has 3 rings (SSSR count). The van der Waals surface area contributed by atoms with E-state index in [2.05, 4.69) is 0 Å². The van der Waals surface area contributed by atoms with Crippen molar-refractivity contribution in [1.82, 2.24) is 0 Å². The standard InChI is InChI=1S/C13H16O6/c14-9-10(15)12(8-6-17-8)19-13(11(9)16)18-7-4-2-1-3-5-7/h1-5,8-16H,6H2/t8?,9-,10+,11+,12-,13+/m0/s1. The molecule has 0 spiro atoms. The molecule has 0 aromatic heterocycles. The third-order valence-electron chi connectivity index (χ3n) is 3.33. The number of ether oxygens (including phenoxy) is 3. The highest BCUT2D eigenvalue weighted by Gasteiger charge is 2.51. The van der Waals surface area contributed by atoms with Gasteiger partial charge in [-0.1, -0.05) is 18.2 Å². The van der Waals surface area contributed by atoms with Crippen molar-refractivity contribution in [3.63, 3.8) is 0 Å². The summed E-state index contributed by atoms with van der Waals surface area (Å²) in [6.07, 6.45) is -5.79. The van der Waals surface area contributed by atoms with E-state index in [1.807, 2.05) is 6.07 Å². The molecule has 1 unspecified atom stereocenters. The van der Waals surface area contributed by atoms with Gasteiger partial charge in [0.1, 0.15) is 36.3 Å². The molecule has 2 aliphatic heterocycles. The Labute approximate surface area is 110 Å². The molecule has 0 radical (unpaired) electrons. The van der Waals surface area contributed by atoms with Gasteiger partial charge in [0.2, 0.25) is 6.29 Å². The van der Waals surface area contributed by atoms with Crippen LogP contribution >= 0.6 is 0 Å². The normalized spacial score (nSPS) is 41.8. The van der Waals surface area contributed by atoms with Gasteiger partial charge in [0.15, 0.2) is 0 Å². The van der Waals surface area contributed by atoms with Gasteiger partial charge in [-0.3, -0.25) is 0 Å². The van der Waals surface area contributed by atoms with E-state index in [0.29, 0.717) is 12.4 Å². The summed E-state index contributed by atoms with van der Waals surface area (Å²) in [5, 5.41) is 29.5. The first-order valence-electron chi connectivity index (χ1n) is 6.20. The second-order valence-electron chi connectivity index (χ2n) is 4.74. The van der Waals surface area contributed by atoms with Crippen molar-refractivity contribution < 1.29 is 29.5 Å². The van der Waals surface area contributed by atoms with E-state index < -0.39 is 30.7 Å². The third-order valence-corrected chi connectivity index (χ3v) is 3.33. The minimum absolute atomic E-state index is 0.251. The minimum Gasteiger partial charge on any atom is -0.462 e. The van der Waals surface area contributed by atoms with Crippen LogP contribution in [-0.2, 0) is 9.47 Å². The zero-order valence-corrected chi connectivity index (χ0v) is 10.1. The maximum atomic E-state index is 9.89. The lowest BCUT2D eigenvalue weighted by molar-refractivity contribution is -0.275. The van der Waals surface area contributed by atoms with Crippen LogP contribution in [0.4, 0.5) is 0 Å². The summed E-state index contributed by atoms with van der Waals surface area (Å²) < 4.78 is 16.1. The van der Waals surface area contributed by atoms with Gasteiger partial charge in [-0.05, 0) is 12.1 Å². The predicted octanol–water partition coefficient (Wildman–Crippen LogP) is -0.728. The van der Waals surface area contributed by atoms with Crippen LogP contribution in [0.2, 0.25) is 0 Å². The molecular formula is C13H16O6. The summed E-state index contributed by atoms with van der Waals surface area (Å²) >= 11 is 0. The van der Waals surface area contributed by atoms with Crippen LogP contribution < -0.4 is 4.74 Å². The van der Waals surface area contributed by atoms with Crippen molar-refractivity contribution in [3.8, 4) is 5.75 Å². The Morgan fingerprint density at radius 1 is 1.00 bits per heavy atom. The highest BCUT2D eigenvalue weighted by Crippen LogP contribution is 2.30. The fourth-order valence-electron chi connectivity index (χ4n) is 2.16. The average Bonchev–Trinajstić information content (AvgIpc) is 3.25. The SMILES string of the molecule is O[C@H]1[C@@H](O)[C@H](C2CO2)O[C@@H](Oc2ccccc2)[C@@H]1O. The Morgan fingerprint density at radius 3 is 2.32 bits per heavy atom. The molecule has 2 heterocycles.